The highest BCUT2D eigenvalue weighted by Crippen LogP contribution is 2.34. The van der Waals surface area contributed by atoms with Crippen molar-refractivity contribution in [3.8, 4) is 39.0 Å². The summed E-state index contributed by atoms with van der Waals surface area (Å²) >= 11 is 1.42. The SMILES string of the molecule is CC(=O)c1ccc(-c2nccc3[nH]c(-c4n[nH]c5ncc(-c6cncc(OC7CCCCC7)c6)cc45)nc23)s1. The Morgan fingerprint density at radius 1 is 1.00 bits per heavy atom. The predicted molar refractivity (Wildman–Crippen MR) is 151 cm³/mol. The van der Waals surface area contributed by atoms with Crippen LogP contribution in [-0.4, -0.2) is 47.0 Å². The molecule has 0 aliphatic heterocycles. The number of H-pyrrole nitrogens is 2. The first-order chi connectivity index (χ1) is 19.1. The Kier molecular flexibility index (Phi) is 5.89. The van der Waals surface area contributed by atoms with Crippen LogP contribution in [0.25, 0.3) is 55.3 Å². The molecule has 39 heavy (non-hydrogen) atoms. The van der Waals surface area contributed by atoms with E-state index >= 15 is 0 Å². The van der Waals surface area contributed by atoms with E-state index in [-0.39, 0.29) is 11.9 Å². The van der Waals surface area contributed by atoms with Gasteiger partial charge in [0.05, 0.1) is 33.0 Å². The van der Waals surface area contributed by atoms with Crippen LogP contribution in [0.15, 0.2) is 55.1 Å². The van der Waals surface area contributed by atoms with Gasteiger partial charge in [0, 0.05) is 29.7 Å². The maximum atomic E-state index is 11.8. The number of hydrogen-bond donors (Lipinski definition) is 2. The maximum Gasteiger partial charge on any atom is 0.169 e. The van der Waals surface area contributed by atoms with Crippen LogP contribution in [0.5, 0.6) is 5.75 Å². The molecular formula is C29H25N7O2S. The van der Waals surface area contributed by atoms with Gasteiger partial charge in [0.2, 0.25) is 0 Å². The molecule has 0 radical (unpaired) electrons. The number of nitrogens with zero attached hydrogens (tertiary/aromatic N) is 5. The fourth-order valence-corrected chi connectivity index (χ4v) is 6.04. The fraction of sp³-hybridized carbons (Fsp3) is 0.241. The van der Waals surface area contributed by atoms with E-state index in [1.807, 2.05) is 42.7 Å². The number of thiophene rings is 1. The van der Waals surface area contributed by atoms with E-state index in [4.69, 9.17) is 9.72 Å². The Morgan fingerprint density at radius 3 is 2.72 bits per heavy atom. The minimum absolute atomic E-state index is 0.0359. The van der Waals surface area contributed by atoms with Gasteiger partial charge >= 0.3 is 0 Å². The number of nitrogens with one attached hydrogen (secondary N) is 2. The van der Waals surface area contributed by atoms with Crippen LogP contribution in [0.4, 0.5) is 0 Å². The molecule has 194 valence electrons. The third kappa shape index (κ3) is 4.46. The summed E-state index contributed by atoms with van der Waals surface area (Å²) < 4.78 is 6.24. The zero-order valence-corrected chi connectivity index (χ0v) is 22.1. The first kappa shape index (κ1) is 23.7. The van der Waals surface area contributed by atoms with Crippen LogP contribution in [0.2, 0.25) is 0 Å². The first-order valence-electron chi connectivity index (χ1n) is 13.0. The van der Waals surface area contributed by atoms with Crippen molar-refractivity contribution in [2.75, 3.05) is 0 Å². The van der Waals surface area contributed by atoms with Crippen molar-refractivity contribution in [3.63, 3.8) is 0 Å². The number of imidazole rings is 1. The molecule has 0 spiro atoms. The molecule has 1 aliphatic carbocycles. The molecule has 0 aromatic carbocycles. The van der Waals surface area contributed by atoms with Crippen LogP contribution < -0.4 is 4.74 Å². The highest BCUT2D eigenvalue weighted by molar-refractivity contribution is 7.17. The van der Waals surface area contributed by atoms with Crippen molar-refractivity contribution in [1.82, 2.24) is 35.1 Å². The summed E-state index contributed by atoms with van der Waals surface area (Å²) in [5, 5.41) is 8.40. The molecule has 0 bridgehead atoms. The number of fused-ring (bicyclic) bond motifs is 2. The predicted octanol–water partition coefficient (Wildman–Crippen LogP) is 6.60. The van der Waals surface area contributed by atoms with Crippen molar-refractivity contribution in [2.45, 2.75) is 45.1 Å². The number of aromatic nitrogens is 7. The molecule has 2 N–H and O–H groups in total. The normalized spacial score (nSPS) is 14.3. The van der Waals surface area contributed by atoms with E-state index in [1.165, 1.54) is 30.6 Å². The van der Waals surface area contributed by atoms with Crippen molar-refractivity contribution < 1.29 is 9.53 Å². The number of pyridine rings is 3. The molecule has 9 nitrogen and oxygen atoms in total. The highest BCUT2D eigenvalue weighted by Gasteiger charge is 2.19. The lowest BCUT2D eigenvalue weighted by Gasteiger charge is -2.23. The summed E-state index contributed by atoms with van der Waals surface area (Å²) in [5.41, 5.74) is 5.47. The minimum Gasteiger partial charge on any atom is -0.489 e. The number of aromatic amines is 2. The number of Topliss-reactive ketones (excluding diaryl/α,β-unsaturated/α-hetero) is 1. The number of ketones is 1. The first-order valence-corrected chi connectivity index (χ1v) is 13.9. The van der Waals surface area contributed by atoms with Crippen molar-refractivity contribution >= 4 is 39.2 Å². The summed E-state index contributed by atoms with van der Waals surface area (Å²) in [5.74, 6) is 1.43. The molecule has 0 saturated heterocycles. The minimum atomic E-state index is 0.0359. The zero-order chi connectivity index (χ0) is 26.3. The van der Waals surface area contributed by atoms with Crippen molar-refractivity contribution in [3.05, 3.63) is 60.0 Å². The molecule has 1 fully saturated rings. The van der Waals surface area contributed by atoms with Gasteiger partial charge in [0.15, 0.2) is 17.3 Å². The lowest BCUT2D eigenvalue weighted by Crippen LogP contribution is -2.19. The van der Waals surface area contributed by atoms with Crippen LogP contribution in [0.3, 0.4) is 0 Å². The van der Waals surface area contributed by atoms with Crippen LogP contribution >= 0.6 is 11.3 Å². The summed E-state index contributed by atoms with van der Waals surface area (Å²) in [6.07, 6.45) is 13.3. The average Bonchev–Trinajstić information content (AvgIpc) is 3.71. The Labute approximate surface area is 227 Å². The maximum absolute atomic E-state index is 11.8. The summed E-state index contributed by atoms with van der Waals surface area (Å²) in [6.45, 7) is 1.57. The largest absolute Gasteiger partial charge is 0.489 e. The third-order valence-corrected chi connectivity index (χ3v) is 8.32. The Bertz CT molecular complexity index is 1830. The molecular weight excluding hydrogens is 510 g/mol. The topological polar surface area (TPSA) is 122 Å². The summed E-state index contributed by atoms with van der Waals surface area (Å²) in [6, 6.07) is 9.70. The van der Waals surface area contributed by atoms with Crippen LogP contribution in [0.1, 0.15) is 48.7 Å². The second-order valence-electron chi connectivity index (χ2n) is 9.84. The number of carbonyl (C=O) groups excluding carboxylic acids is 1. The quantitative estimate of drug-likeness (QED) is 0.230. The average molecular weight is 536 g/mol. The van der Waals surface area contributed by atoms with E-state index < -0.39 is 0 Å². The summed E-state index contributed by atoms with van der Waals surface area (Å²) in [4.78, 5) is 35.3. The van der Waals surface area contributed by atoms with Gasteiger partial charge in [-0.15, -0.1) is 11.3 Å². The molecule has 0 amide bonds. The van der Waals surface area contributed by atoms with E-state index in [0.717, 1.165) is 56.7 Å². The number of ether oxygens (including phenoxy) is 1. The molecule has 6 heterocycles. The summed E-state index contributed by atoms with van der Waals surface area (Å²) in [7, 11) is 0. The van der Waals surface area contributed by atoms with Gasteiger partial charge in [-0.3, -0.25) is 19.9 Å². The Morgan fingerprint density at radius 2 is 1.87 bits per heavy atom. The van der Waals surface area contributed by atoms with Gasteiger partial charge in [-0.2, -0.15) is 5.10 Å². The smallest absolute Gasteiger partial charge is 0.169 e. The zero-order valence-electron chi connectivity index (χ0n) is 21.3. The standard InChI is InChI=1S/C29H25N7O2S/c1-16(37)23-7-8-24(39-23)27-26-22(9-10-31-27)33-29(34-26)25-21-12-18(14-32-28(21)36-35-25)17-11-20(15-30-13-17)38-19-5-3-2-4-6-19/h7-15,19H,2-6H2,1H3,(H,33,34)(H,32,35,36). The Hall–Kier alpha value is -4.44. The lowest BCUT2D eigenvalue weighted by molar-refractivity contribution is 0.102. The van der Waals surface area contributed by atoms with E-state index in [0.29, 0.717) is 22.0 Å². The van der Waals surface area contributed by atoms with E-state index in [9.17, 15) is 4.79 Å². The van der Waals surface area contributed by atoms with Crippen LogP contribution in [-0.2, 0) is 0 Å². The monoisotopic (exact) mass is 535 g/mol. The van der Waals surface area contributed by atoms with Gasteiger partial charge in [0.25, 0.3) is 0 Å². The van der Waals surface area contributed by atoms with E-state index in [2.05, 4.69) is 30.1 Å². The molecule has 7 rings (SSSR count). The third-order valence-electron chi connectivity index (χ3n) is 7.13. The molecule has 0 unspecified atom stereocenters. The molecule has 1 aliphatic rings. The van der Waals surface area contributed by atoms with Gasteiger partial charge in [-0.1, -0.05) is 6.42 Å². The van der Waals surface area contributed by atoms with Gasteiger partial charge < -0.3 is 9.72 Å². The number of rotatable bonds is 6. The second-order valence-corrected chi connectivity index (χ2v) is 10.9. The van der Waals surface area contributed by atoms with Crippen molar-refractivity contribution in [1.29, 1.82) is 0 Å². The van der Waals surface area contributed by atoms with E-state index in [1.54, 1.807) is 19.3 Å². The van der Waals surface area contributed by atoms with Gasteiger partial charge in [0.1, 0.15) is 22.7 Å². The fourth-order valence-electron chi connectivity index (χ4n) is 5.14. The molecule has 6 aromatic heterocycles. The van der Waals surface area contributed by atoms with Crippen LogP contribution in [0, 0.1) is 0 Å². The second kappa shape index (κ2) is 9.70. The Balaban J connectivity index is 1.25. The molecule has 0 atom stereocenters. The molecule has 6 aromatic rings. The number of carbonyl (C=O) groups is 1. The lowest BCUT2D eigenvalue weighted by atomic mass is 9.98. The molecule has 1 saturated carbocycles. The molecule has 10 heteroatoms. The van der Waals surface area contributed by atoms with Gasteiger partial charge in [-0.05, 0) is 62.9 Å². The highest BCUT2D eigenvalue weighted by atomic mass is 32.1. The number of hydrogen-bond acceptors (Lipinski definition) is 8. The van der Waals surface area contributed by atoms with Gasteiger partial charge in [-0.25, -0.2) is 9.97 Å². The van der Waals surface area contributed by atoms with Crippen molar-refractivity contribution in [2.24, 2.45) is 0 Å².